The summed E-state index contributed by atoms with van der Waals surface area (Å²) in [5, 5.41) is 12.0. The number of para-hydroxylation sites is 2. The predicted molar refractivity (Wildman–Crippen MR) is 62.6 cm³/mol. The Balaban J connectivity index is 2.55. The molecule has 0 aliphatic carbocycles. The summed E-state index contributed by atoms with van der Waals surface area (Å²) in [6.45, 7) is 0. The zero-order valence-corrected chi connectivity index (χ0v) is 8.42. The van der Waals surface area contributed by atoms with Crippen LogP contribution < -0.4 is 10.5 Å². The molecule has 4 nitrogen and oxygen atoms in total. The molecule has 0 saturated heterocycles. The second kappa shape index (κ2) is 3.06. The Kier molecular flexibility index (Phi) is 1.71. The van der Waals surface area contributed by atoms with E-state index in [1.807, 2.05) is 18.2 Å². The van der Waals surface area contributed by atoms with Crippen molar-refractivity contribution in [2.24, 2.45) is 0 Å². The van der Waals surface area contributed by atoms with Crippen molar-refractivity contribution >= 4 is 27.8 Å². The smallest absolute Gasteiger partial charge is 0.243 e. The van der Waals surface area contributed by atoms with Gasteiger partial charge in [-0.05, 0) is 18.2 Å². The van der Waals surface area contributed by atoms with E-state index in [4.69, 9.17) is 5.73 Å². The Labute approximate surface area is 91.5 Å². The third-order valence-corrected chi connectivity index (χ3v) is 2.56. The van der Waals surface area contributed by atoms with E-state index in [0.717, 1.165) is 4.73 Å². The van der Waals surface area contributed by atoms with Gasteiger partial charge in [0.2, 0.25) is 11.0 Å². The van der Waals surface area contributed by atoms with Gasteiger partial charge in [-0.3, -0.25) is 0 Å². The average molecular weight is 211 g/mol. The minimum Gasteiger partial charge on any atom is -0.618 e. The highest BCUT2D eigenvalue weighted by Gasteiger charge is 2.10. The first-order valence-electron chi connectivity index (χ1n) is 4.93. The summed E-state index contributed by atoms with van der Waals surface area (Å²) in [6, 6.07) is 12.3. The van der Waals surface area contributed by atoms with Crippen molar-refractivity contribution in [2.75, 3.05) is 5.73 Å². The van der Waals surface area contributed by atoms with Crippen LogP contribution in [0.2, 0.25) is 0 Å². The highest BCUT2D eigenvalue weighted by atomic mass is 16.5. The fourth-order valence-corrected chi connectivity index (χ4v) is 1.79. The molecule has 1 aromatic heterocycles. The molecule has 2 N–H and O–H groups in total. The third kappa shape index (κ3) is 1.16. The van der Waals surface area contributed by atoms with E-state index in [9.17, 15) is 5.21 Å². The van der Waals surface area contributed by atoms with Crippen LogP contribution in [0, 0.1) is 5.21 Å². The highest BCUT2D eigenvalue weighted by Crippen LogP contribution is 2.16. The molecule has 4 heteroatoms. The van der Waals surface area contributed by atoms with Crippen LogP contribution >= 0.6 is 0 Å². The summed E-state index contributed by atoms with van der Waals surface area (Å²) in [4.78, 5) is 4.40. The van der Waals surface area contributed by atoms with Gasteiger partial charge in [0.15, 0.2) is 0 Å². The lowest BCUT2D eigenvalue weighted by Gasteiger charge is -2.05. The summed E-state index contributed by atoms with van der Waals surface area (Å²) >= 11 is 0. The second-order valence-electron chi connectivity index (χ2n) is 3.64. The first-order chi connectivity index (χ1) is 7.75. The van der Waals surface area contributed by atoms with Crippen LogP contribution in [0.3, 0.4) is 0 Å². The van der Waals surface area contributed by atoms with E-state index in [2.05, 4.69) is 4.98 Å². The van der Waals surface area contributed by atoms with Crippen LogP contribution in [0.25, 0.3) is 22.1 Å². The fourth-order valence-electron chi connectivity index (χ4n) is 1.79. The number of hydrogen-bond acceptors (Lipinski definition) is 3. The molecule has 3 aromatic rings. The normalized spacial score (nSPS) is 11.0. The lowest BCUT2D eigenvalue weighted by atomic mass is 10.2. The average Bonchev–Trinajstić information content (AvgIpc) is 2.29. The minimum absolute atomic E-state index is 0.535. The van der Waals surface area contributed by atoms with Crippen LogP contribution in [0.15, 0.2) is 42.5 Å². The summed E-state index contributed by atoms with van der Waals surface area (Å²) in [5.41, 5.74) is 8.67. The zero-order chi connectivity index (χ0) is 11.1. The Morgan fingerprint density at radius 1 is 1.00 bits per heavy atom. The largest absolute Gasteiger partial charge is 0.618 e. The van der Waals surface area contributed by atoms with E-state index >= 15 is 0 Å². The molecular formula is C12H9N3O. The standard InChI is InChI=1S/C12H9N3O/c13-8-5-6-12-10(7-8)14-9-3-1-2-4-11(9)15(12)16/h1-7H,13H2. The highest BCUT2D eigenvalue weighted by molar-refractivity contribution is 5.83. The van der Waals surface area contributed by atoms with Crippen LogP contribution in [0.5, 0.6) is 0 Å². The molecule has 0 aliphatic rings. The number of hydrogen-bond donors (Lipinski definition) is 1. The number of anilines is 1. The van der Waals surface area contributed by atoms with Gasteiger partial charge in [0.25, 0.3) is 0 Å². The first kappa shape index (κ1) is 8.91. The van der Waals surface area contributed by atoms with Gasteiger partial charge in [0.05, 0.1) is 0 Å². The topological polar surface area (TPSA) is 65.8 Å². The molecular weight excluding hydrogens is 202 g/mol. The molecule has 0 spiro atoms. The summed E-state index contributed by atoms with van der Waals surface area (Å²) < 4.78 is 0.886. The van der Waals surface area contributed by atoms with E-state index in [1.54, 1.807) is 24.3 Å². The molecule has 16 heavy (non-hydrogen) atoms. The Morgan fingerprint density at radius 3 is 2.62 bits per heavy atom. The van der Waals surface area contributed by atoms with Crippen molar-refractivity contribution < 1.29 is 4.73 Å². The quantitative estimate of drug-likeness (QED) is 0.266. The first-order valence-corrected chi connectivity index (χ1v) is 4.93. The maximum absolute atomic E-state index is 12.0. The van der Waals surface area contributed by atoms with Gasteiger partial charge in [-0.15, -0.1) is 0 Å². The van der Waals surface area contributed by atoms with Crippen LogP contribution in [0.1, 0.15) is 0 Å². The van der Waals surface area contributed by atoms with Gasteiger partial charge in [-0.25, -0.2) is 4.98 Å². The van der Waals surface area contributed by atoms with E-state index in [1.165, 1.54) is 0 Å². The molecule has 78 valence electrons. The number of nitrogens with zero attached hydrogens (tertiary/aromatic N) is 2. The predicted octanol–water partition coefficient (Wildman–Crippen LogP) is 1.60. The van der Waals surface area contributed by atoms with Gasteiger partial charge in [-0.1, -0.05) is 12.1 Å². The fraction of sp³-hybridized carbons (Fsp3) is 0. The summed E-state index contributed by atoms with van der Waals surface area (Å²) in [5.74, 6) is 0. The van der Waals surface area contributed by atoms with Crippen LogP contribution in [-0.4, -0.2) is 4.98 Å². The Hall–Kier alpha value is -2.36. The van der Waals surface area contributed by atoms with Gasteiger partial charge >= 0.3 is 0 Å². The van der Waals surface area contributed by atoms with Gasteiger partial charge in [0.1, 0.15) is 11.0 Å². The maximum atomic E-state index is 12.0. The molecule has 1 heterocycles. The lowest BCUT2D eigenvalue weighted by Crippen LogP contribution is -2.28. The molecule has 0 radical (unpaired) electrons. The van der Waals surface area contributed by atoms with Gasteiger partial charge < -0.3 is 10.9 Å². The molecule has 0 amide bonds. The molecule has 0 unspecified atom stereocenters. The van der Waals surface area contributed by atoms with Crippen molar-refractivity contribution in [3.05, 3.63) is 47.7 Å². The van der Waals surface area contributed by atoms with Crippen molar-refractivity contribution in [1.29, 1.82) is 0 Å². The van der Waals surface area contributed by atoms with Crippen molar-refractivity contribution in [3.63, 3.8) is 0 Å². The van der Waals surface area contributed by atoms with Crippen molar-refractivity contribution in [2.45, 2.75) is 0 Å². The molecule has 0 atom stereocenters. The van der Waals surface area contributed by atoms with Gasteiger partial charge in [-0.2, -0.15) is 4.73 Å². The van der Waals surface area contributed by atoms with E-state index in [0.29, 0.717) is 27.8 Å². The monoisotopic (exact) mass is 211 g/mol. The lowest BCUT2D eigenvalue weighted by molar-refractivity contribution is -0.548. The number of aromatic nitrogens is 2. The molecule has 3 rings (SSSR count). The second-order valence-corrected chi connectivity index (χ2v) is 3.64. The van der Waals surface area contributed by atoms with E-state index in [-0.39, 0.29) is 0 Å². The molecule has 2 aromatic carbocycles. The van der Waals surface area contributed by atoms with Crippen LogP contribution in [0.4, 0.5) is 5.69 Å². The maximum Gasteiger partial charge on any atom is 0.243 e. The Morgan fingerprint density at radius 2 is 1.75 bits per heavy atom. The summed E-state index contributed by atoms with van der Waals surface area (Å²) in [7, 11) is 0. The Bertz CT molecular complexity index is 694. The number of nitrogen functional groups attached to an aromatic ring is 1. The van der Waals surface area contributed by atoms with Crippen molar-refractivity contribution in [1.82, 2.24) is 4.98 Å². The minimum atomic E-state index is 0.535. The third-order valence-electron chi connectivity index (χ3n) is 2.56. The molecule has 0 saturated carbocycles. The van der Waals surface area contributed by atoms with Gasteiger partial charge in [0, 0.05) is 17.8 Å². The van der Waals surface area contributed by atoms with Crippen LogP contribution in [-0.2, 0) is 0 Å². The van der Waals surface area contributed by atoms with Crippen molar-refractivity contribution in [3.8, 4) is 0 Å². The number of rotatable bonds is 0. The van der Waals surface area contributed by atoms with E-state index < -0.39 is 0 Å². The molecule has 0 aliphatic heterocycles. The number of nitrogens with two attached hydrogens (primary N) is 1. The zero-order valence-electron chi connectivity index (χ0n) is 8.42. The molecule has 0 fully saturated rings. The molecule has 0 bridgehead atoms. The SMILES string of the molecule is Nc1ccc2c(c1)nc1ccccc1[n+]2[O-]. The number of fused-ring (bicyclic) bond motifs is 2. The number of benzene rings is 2. The summed E-state index contributed by atoms with van der Waals surface area (Å²) in [6.07, 6.45) is 0.